The van der Waals surface area contributed by atoms with E-state index in [4.69, 9.17) is 5.73 Å². The summed E-state index contributed by atoms with van der Waals surface area (Å²) >= 11 is 0. The minimum atomic E-state index is 0.145. The molecule has 1 heterocycles. The monoisotopic (exact) mass is 272 g/mol. The lowest BCUT2D eigenvalue weighted by Gasteiger charge is -2.38. The molecule has 2 aliphatic rings. The van der Waals surface area contributed by atoms with Crippen LogP contribution in [-0.2, 0) is 11.2 Å². The van der Waals surface area contributed by atoms with E-state index in [0.29, 0.717) is 5.91 Å². The third kappa shape index (κ3) is 2.47. The Kier molecular flexibility index (Phi) is 3.79. The Labute approximate surface area is 121 Å². The highest BCUT2D eigenvalue weighted by molar-refractivity contribution is 5.80. The lowest BCUT2D eigenvalue weighted by atomic mass is 9.84. The molecule has 0 radical (unpaired) electrons. The summed E-state index contributed by atoms with van der Waals surface area (Å²) in [5, 5.41) is 0. The van der Waals surface area contributed by atoms with E-state index in [1.54, 1.807) is 0 Å². The molecule has 0 aromatic heterocycles. The highest BCUT2D eigenvalue weighted by Gasteiger charge is 2.33. The molecule has 0 bridgehead atoms. The molecule has 3 nitrogen and oxygen atoms in total. The SMILES string of the molecule is C[C@@H]1c2ccccc2CCN1C(=O)[C@H]1CCC[C@@H](N)C1. The second-order valence-electron chi connectivity index (χ2n) is 6.28. The number of rotatable bonds is 1. The number of nitrogens with two attached hydrogens (primary N) is 1. The molecule has 1 aliphatic carbocycles. The molecule has 0 saturated heterocycles. The summed E-state index contributed by atoms with van der Waals surface area (Å²) < 4.78 is 0. The van der Waals surface area contributed by atoms with Crippen molar-refractivity contribution in [3.05, 3.63) is 35.4 Å². The smallest absolute Gasteiger partial charge is 0.226 e. The molecular weight excluding hydrogens is 248 g/mol. The van der Waals surface area contributed by atoms with Gasteiger partial charge in [0.2, 0.25) is 5.91 Å². The number of hydrogen-bond donors (Lipinski definition) is 1. The topological polar surface area (TPSA) is 46.3 Å². The molecule has 20 heavy (non-hydrogen) atoms. The fraction of sp³-hybridized carbons (Fsp3) is 0.588. The maximum absolute atomic E-state index is 12.8. The first-order valence-electron chi connectivity index (χ1n) is 7.80. The van der Waals surface area contributed by atoms with Gasteiger partial charge < -0.3 is 10.6 Å². The molecule has 0 unspecified atom stereocenters. The lowest BCUT2D eigenvalue weighted by molar-refractivity contribution is -0.139. The first-order chi connectivity index (χ1) is 9.66. The highest BCUT2D eigenvalue weighted by atomic mass is 16.2. The van der Waals surface area contributed by atoms with Gasteiger partial charge in [0.15, 0.2) is 0 Å². The molecule has 1 amide bonds. The number of nitrogens with zero attached hydrogens (tertiary/aromatic N) is 1. The van der Waals surface area contributed by atoms with Gasteiger partial charge in [-0.25, -0.2) is 0 Å². The molecule has 108 valence electrons. The fourth-order valence-corrected chi connectivity index (χ4v) is 3.76. The number of amides is 1. The number of carbonyl (C=O) groups is 1. The van der Waals surface area contributed by atoms with Gasteiger partial charge in [-0.1, -0.05) is 30.7 Å². The molecule has 1 aromatic rings. The van der Waals surface area contributed by atoms with E-state index >= 15 is 0 Å². The molecule has 1 fully saturated rings. The van der Waals surface area contributed by atoms with Crippen molar-refractivity contribution in [2.24, 2.45) is 11.7 Å². The van der Waals surface area contributed by atoms with E-state index in [2.05, 4.69) is 36.1 Å². The Hall–Kier alpha value is -1.35. The van der Waals surface area contributed by atoms with Crippen molar-refractivity contribution in [1.82, 2.24) is 4.90 Å². The molecule has 1 saturated carbocycles. The average Bonchev–Trinajstić information content (AvgIpc) is 2.47. The van der Waals surface area contributed by atoms with E-state index in [0.717, 1.165) is 38.6 Å². The van der Waals surface area contributed by atoms with Gasteiger partial charge in [-0.15, -0.1) is 0 Å². The average molecular weight is 272 g/mol. The summed E-state index contributed by atoms with van der Waals surface area (Å²) in [6, 6.07) is 8.91. The zero-order chi connectivity index (χ0) is 14.1. The molecule has 0 spiro atoms. The first-order valence-corrected chi connectivity index (χ1v) is 7.80. The van der Waals surface area contributed by atoms with E-state index < -0.39 is 0 Å². The summed E-state index contributed by atoms with van der Waals surface area (Å²) in [5.74, 6) is 0.466. The third-order valence-corrected chi connectivity index (χ3v) is 4.94. The van der Waals surface area contributed by atoms with Crippen LogP contribution >= 0.6 is 0 Å². The van der Waals surface area contributed by atoms with Crippen LogP contribution in [0.3, 0.4) is 0 Å². The summed E-state index contributed by atoms with van der Waals surface area (Å²) in [6.45, 7) is 3.00. The summed E-state index contributed by atoms with van der Waals surface area (Å²) in [4.78, 5) is 14.9. The molecule has 1 aromatic carbocycles. The minimum absolute atomic E-state index is 0.145. The molecule has 3 heteroatoms. The van der Waals surface area contributed by atoms with Crippen molar-refractivity contribution < 1.29 is 4.79 Å². The number of carbonyl (C=O) groups excluding carboxylic acids is 1. The van der Waals surface area contributed by atoms with Crippen LogP contribution in [-0.4, -0.2) is 23.4 Å². The van der Waals surface area contributed by atoms with Crippen molar-refractivity contribution in [3.8, 4) is 0 Å². The van der Waals surface area contributed by atoms with Crippen LogP contribution in [0, 0.1) is 5.92 Å². The molecule has 2 N–H and O–H groups in total. The second kappa shape index (κ2) is 5.57. The maximum atomic E-state index is 12.8. The van der Waals surface area contributed by atoms with Crippen LogP contribution in [0.15, 0.2) is 24.3 Å². The number of fused-ring (bicyclic) bond motifs is 1. The molecule has 3 rings (SSSR count). The van der Waals surface area contributed by atoms with Crippen LogP contribution in [0.25, 0.3) is 0 Å². The normalized spacial score (nSPS) is 29.9. The zero-order valence-electron chi connectivity index (χ0n) is 12.2. The number of benzene rings is 1. The van der Waals surface area contributed by atoms with Crippen LogP contribution in [0.4, 0.5) is 0 Å². The Morgan fingerprint density at radius 1 is 1.30 bits per heavy atom. The summed E-state index contributed by atoms with van der Waals surface area (Å²) in [7, 11) is 0. The Bertz CT molecular complexity index is 500. The second-order valence-corrected chi connectivity index (χ2v) is 6.28. The van der Waals surface area contributed by atoms with Gasteiger partial charge >= 0.3 is 0 Å². The lowest BCUT2D eigenvalue weighted by Crippen LogP contribution is -2.44. The maximum Gasteiger partial charge on any atom is 0.226 e. The largest absolute Gasteiger partial charge is 0.335 e. The van der Waals surface area contributed by atoms with Crippen molar-refractivity contribution in [1.29, 1.82) is 0 Å². The number of hydrogen-bond acceptors (Lipinski definition) is 2. The van der Waals surface area contributed by atoms with Crippen molar-refractivity contribution in [2.75, 3.05) is 6.54 Å². The molecular formula is C17H24N2O. The van der Waals surface area contributed by atoms with Gasteiger partial charge in [0.25, 0.3) is 0 Å². The van der Waals surface area contributed by atoms with Crippen LogP contribution in [0.2, 0.25) is 0 Å². The highest BCUT2D eigenvalue weighted by Crippen LogP contribution is 2.33. The van der Waals surface area contributed by atoms with Crippen LogP contribution in [0.1, 0.15) is 49.8 Å². The standard InChI is InChI=1S/C17H24N2O/c1-12-16-8-3-2-5-13(16)9-10-19(12)17(20)14-6-4-7-15(18)11-14/h2-3,5,8,12,14-15H,4,6-7,9-11,18H2,1H3/t12-,14+,15-/m1/s1. The van der Waals surface area contributed by atoms with Crippen molar-refractivity contribution in [3.63, 3.8) is 0 Å². The van der Waals surface area contributed by atoms with E-state index in [1.807, 2.05) is 0 Å². The van der Waals surface area contributed by atoms with Crippen LogP contribution < -0.4 is 5.73 Å². The minimum Gasteiger partial charge on any atom is -0.335 e. The van der Waals surface area contributed by atoms with Crippen molar-refractivity contribution >= 4 is 5.91 Å². The van der Waals surface area contributed by atoms with Gasteiger partial charge in [0, 0.05) is 18.5 Å². The predicted molar refractivity (Wildman–Crippen MR) is 80.2 cm³/mol. The van der Waals surface area contributed by atoms with Crippen LogP contribution in [0.5, 0.6) is 0 Å². The Morgan fingerprint density at radius 2 is 2.10 bits per heavy atom. The summed E-state index contributed by atoms with van der Waals surface area (Å²) in [6.07, 6.45) is 5.02. The van der Waals surface area contributed by atoms with E-state index in [1.165, 1.54) is 11.1 Å². The molecule has 1 aliphatic heterocycles. The first kappa shape index (κ1) is 13.6. The Balaban J connectivity index is 1.76. The van der Waals surface area contributed by atoms with Gasteiger partial charge in [0.05, 0.1) is 6.04 Å². The van der Waals surface area contributed by atoms with Gasteiger partial charge in [-0.05, 0) is 43.7 Å². The Morgan fingerprint density at radius 3 is 2.90 bits per heavy atom. The zero-order valence-corrected chi connectivity index (χ0v) is 12.2. The predicted octanol–water partition coefficient (Wildman–Crippen LogP) is 2.65. The van der Waals surface area contributed by atoms with Gasteiger partial charge in [-0.2, -0.15) is 0 Å². The molecule has 3 atom stereocenters. The fourth-order valence-electron chi connectivity index (χ4n) is 3.76. The van der Waals surface area contributed by atoms with Gasteiger partial charge in [0.1, 0.15) is 0 Å². The van der Waals surface area contributed by atoms with Gasteiger partial charge in [-0.3, -0.25) is 4.79 Å². The quantitative estimate of drug-likeness (QED) is 0.854. The summed E-state index contributed by atoms with van der Waals surface area (Å²) in [5.41, 5.74) is 8.74. The third-order valence-electron chi connectivity index (χ3n) is 4.94. The van der Waals surface area contributed by atoms with E-state index in [-0.39, 0.29) is 18.0 Å². The van der Waals surface area contributed by atoms with Crippen molar-refractivity contribution in [2.45, 2.75) is 51.1 Å². The van der Waals surface area contributed by atoms with E-state index in [9.17, 15) is 4.79 Å².